The van der Waals surface area contributed by atoms with Crippen molar-refractivity contribution in [1.29, 1.82) is 0 Å². The van der Waals surface area contributed by atoms with E-state index in [0.29, 0.717) is 12.2 Å². The van der Waals surface area contributed by atoms with Crippen molar-refractivity contribution in [2.45, 2.75) is 18.9 Å². The second-order valence-electron chi connectivity index (χ2n) is 4.28. The number of rotatable bonds is 3. The molecule has 0 radical (unpaired) electrons. The molecule has 0 aliphatic carbocycles. The Morgan fingerprint density at radius 2 is 2.11 bits per heavy atom. The minimum Gasteiger partial charge on any atom is -0.376 e. The summed E-state index contributed by atoms with van der Waals surface area (Å²) in [4.78, 5) is 23.3. The summed E-state index contributed by atoms with van der Waals surface area (Å²) in [6.45, 7) is 1.10. The molecule has 2 rings (SSSR count). The van der Waals surface area contributed by atoms with Gasteiger partial charge in [-0.2, -0.15) is 0 Å². The van der Waals surface area contributed by atoms with E-state index in [9.17, 15) is 9.59 Å². The number of hydrogen-bond acceptors (Lipinski definition) is 3. The molecule has 1 heterocycles. The first-order valence-corrected chi connectivity index (χ1v) is 6.91. The van der Waals surface area contributed by atoms with Crippen LogP contribution in [0.1, 0.15) is 12.8 Å². The Labute approximate surface area is 119 Å². The van der Waals surface area contributed by atoms with Crippen molar-refractivity contribution in [3.8, 4) is 0 Å². The number of halogens is 1. The van der Waals surface area contributed by atoms with Crippen molar-refractivity contribution in [2.24, 2.45) is 0 Å². The van der Waals surface area contributed by atoms with Gasteiger partial charge in [-0.25, -0.2) is 0 Å². The van der Waals surface area contributed by atoms with Gasteiger partial charge in [-0.3, -0.25) is 9.59 Å². The molecule has 6 heteroatoms. The van der Waals surface area contributed by atoms with Crippen molar-refractivity contribution in [3.63, 3.8) is 0 Å². The second-order valence-corrected chi connectivity index (χ2v) is 5.13. The Hall–Kier alpha value is -1.40. The molecular weight excluding hydrogens is 312 g/mol. The third-order valence-corrected chi connectivity index (χ3v) is 3.53. The summed E-state index contributed by atoms with van der Waals surface area (Å²) in [6, 6.07) is 7.12. The lowest BCUT2D eigenvalue weighted by Crippen LogP contribution is -2.39. The van der Waals surface area contributed by atoms with Gasteiger partial charge < -0.3 is 15.4 Å². The standard InChI is InChI=1S/C13H15BrN2O3/c14-10-5-1-2-6-11(10)16-13(18)12(17)15-8-9-4-3-7-19-9/h1-2,5-6,9H,3-4,7-8H2,(H,15,17)(H,16,18)/t9-/m1/s1. The Bertz CT molecular complexity index is 473. The molecule has 0 unspecified atom stereocenters. The number of para-hydroxylation sites is 1. The molecule has 1 saturated heterocycles. The summed E-state index contributed by atoms with van der Waals surface area (Å²) in [5.41, 5.74) is 0.569. The minimum absolute atomic E-state index is 0.0280. The Morgan fingerprint density at radius 1 is 1.32 bits per heavy atom. The zero-order chi connectivity index (χ0) is 13.7. The van der Waals surface area contributed by atoms with Crippen molar-refractivity contribution < 1.29 is 14.3 Å². The molecule has 2 amide bonds. The number of hydrogen-bond donors (Lipinski definition) is 2. The van der Waals surface area contributed by atoms with Gasteiger partial charge in [-0.15, -0.1) is 0 Å². The van der Waals surface area contributed by atoms with Crippen LogP contribution in [-0.4, -0.2) is 31.1 Å². The number of benzene rings is 1. The van der Waals surface area contributed by atoms with E-state index in [-0.39, 0.29) is 6.10 Å². The molecule has 102 valence electrons. The number of amides is 2. The zero-order valence-corrected chi connectivity index (χ0v) is 11.9. The largest absolute Gasteiger partial charge is 0.376 e. The van der Waals surface area contributed by atoms with Crippen LogP contribution in [0.2, 0.25) is 0 Å². The smallest absolute Gasteiger partial charge is 0.313 e. The molecule has 2 N–H and O–H groups in total. The maximum Gasteiger partial charge on any atom is 0.313 e. The molecule has 1 aliphatic rings. The Kier molecular flexibility index (Phi) is 4.93. The maximum absolute atomic E-state index is 11.7. The van der Waals surface area contributed by atoms with Crippen molar-refractivity contribution in [2.75, 3.05) is 18.5 Å². The molecule has 1 aliphatic heterocycles. The van der Waals surface area contributed by atoms with Crippen LogP contribution in [0, 0.1) is 0 Å². The monoisotopic (exact) mass is 326 g/mol. The van der Waals surface area contributed by atoms with E-state index < -0.39 is 11.8 Å². The van der Waals surface area contributed by atoms with E-state index in [2.05, 4.69) is 26.6 Å². The molecule has 0 spiro atoms. The second kappa shape index (κ2) is 6.68. The fourth-order valence-electron chi connectivity index (χ4n) is 1.83. The van der Waals surface area contributed by atoms with Gasteiger partial charge in [-0.1, -0.05) is 12.1 Å². The quantitative estimate of drug-likeness (QED) is 0.830. The lowest BCUT2D eigenvalue weighted by Gasteiger charge is -2.11. The Balaban J connectivity index is 1.82. The molecule has 0 aromatic heterocycles. The highest BCUT2D eigenvalue weighted by atomic mass is 79.9. The lowest BCUT2D eigenvalue weighted by molar-refractivity contribution is -0.136. The molecule has 0 bridgehead atoms. The van der Waals surface area contributed by atoms with E-state index in [1.165, 1.54) is 0 Å². The van der Waals surface area contributed by atoms with E-state index in [1.807, 2.05) is 6.07 Å². The van der Waals surface area contributed by atoms with Crippen LogP contribution in [0.4, 0.5) is 5.69 Å². The zero-order valence-electron chi connectivity index (χ0n) is 10.3. The van der Waals surface area contributed by atoms with Gasteiger partial charge in [0.25, 0.3) is 0 Å². The third kappa shape index (κ3) is 4.04. The lowest BCUT2D eigenvalue weighted by atomic mass is 10.2. The minimum atomic E-state index is -0.676. The predicted molar refractivity (Wildman–Crippen MR) is 74.8 cm³/mol. The van der Waals surface area contributed by atoms with Gasteiger partial charge in [0, 0.05) is 17.6 Å². The average Bonchev–Trinajstić information content (AvgIpc) is 2.91. The highest BCUT2D eigenvalue weighted by molar-refractivity contribution is 9.10. The van der Waals surface area contributed by atoms with E-state index >= 15 is 0 Å². The Morgan fingerprint density at radius 3 is 2.79 bits per heavy atom. The molecular formula is C13H15BrN2O3. The summed E-state index contributed by atoms with van der Waals surface area (Å²) in [5.74, 6) is -1.32. The summed E-state index contributed by atoms with van der Waals surface area (Å²) in [7, 11) is 0. The van der Waals surface area contributed by atoms with Gasteiger partial charge >= 0.3 is 11.8 Å². The molecule has 5 nitrogen and oxygen atoms in total. The van der Waals surface area contributed by atoms with Crippen molar-refractivity contribution >= 4 is 33.4 Å². The van der Waals surface area contributed by atoms with Gasteiger partial charge in [0.15, 0.2) is 0 Å². The average molecular weight is 327 g/mol. The maximum atomic E-state index is 11.7. The molecule has 1 atom stereocenters. The summed E-state index contributed by atoms with van der Waals surface area (Å²) >= 11 is 3.30. The predicted octanol–water partition coefficient (Wildman–Crippen LogP) is 1.68. The fraction of sp³-hybridized carbons (Fsp3) is 0.385. The molecule has 0 saturated carbocycles. The van der Waals surface area contributed by atoms with Gasteiger partial charge in [0.2, 0.25) is 0 Å². The SMILES string of the molecule is O=C(NC[C@H]1CCCO1)C(=O)Nc1ccccc1Br. The van der Waals surface area contributed by atoms with E-state index in [1.54, 1.807) is 18.2 Å². The van der Waals surface area contributed by atoms with Gasteiger partial charge in [0.1, 0.15) is 0 Å². The first-order chi connectivity index (χ1) is 9.16. The number of anilines is 1. The topological polar surface area (TPSA) is 67.4 Å². The highest BCUT2D eigenvalue weighted by Crippen LogP contribution is 2.20. The van der Waals surface area contributed by atoms with Crippen LogP contribution in [0.25, 0.3) is 0 Å². The van der Waals surface area contributed by atoms with Gasteiger partial charge in [0.05, 0.1) is 11.8 Å². The third-order valence-electron chi connectivity index (χ3n) is 2.84. The van der Waals surface area contributed by atoms with E-state index in [0.717, 1.165) is 23.9 Å². The van der Waals surface area contributed by atoms with Crippen molar-refractivity contribution in [3.05, 3.63) is 28.7 Å². The van der Waals surface area contributed by atoms with Crippen LogP contribution >= 0.6 is 15.9 Å². The summed E-state index contributed by atoms with van der Waals surface area (Å²) < 4.78 is 6.10. The fourth-order valence-corrected chi connectivity index (χ4v) is 2.22. The first-order valence-electron chi connectivity index (χ1n) is 6.12. The van der Waals surface area contributed by atoms with Crippen LogP contribution in [-0.2, 0) is 14.3 Å². The number of carbonyl (C=O) groups is 2. The van der Waals surface area contributed by atoms with Crippen LogP contribution < -0.4 is 10.6 Å². The molecule has 1 aromatic carbocycles. The summed E-state index contributed by atoms with van der Waals surface area (Å²) in [6.07, 6.45) is 1.95. The normalized spacial score (nSPS) is 18.1. The number of carbonyl (C=O) groups excluding carboxylic acids is 2. The molecule has 1 fully saturated rings. The first kappa shape index (κ1) is 14.0. The van der Waals surface area contributed by atoms with Crippen LogP contribution in [0.3, 0.4) is 0 Å². The molecule has 19 heavy (non-hydrogen) atoms. The van der Waals surface area contributed by atoms with Gasteiger partial charge in [-0.05, 0) is 40.9 Å². The summed E-state index contributed by atoms with van der Waals surface area (Å²) in [5, 5.41) is 5.12. The van der Waals surface area contributed by atoms with Crippen LogP contribution in [0.5, 0.6) is 0 Å². The molecule has 1 aromatic rings. The van der Waals surface area contributed by atoms with Crippen LogP contribution in [0.15, 0.2) is 28.7 Å². The number of nitrogens with one attached hydrogen (secondary N) is 2. The highest BCUT2D eigenvalue weighted by Gasteiger charge is 2.19. The van der Waals surface area contributed by atoms with Crippen molar-refractivity contribution in [1.82, 2.24) is 5.32 Å². The van der Waals surface area contributed by atoms with E-state index in [4.69, 9.17) is 4.74 Å². The number of ether oxygens (including phenoxy) is 1.